The minimum absolute atomic E-state index is 0.320. The smallest absolute Gasteiger partial charge is 0.326 e. The first-order chi connectivity index (χ1) is 15.5. The van der Waals surface area contributed by atoms with Gasteiger partial charge in [0.25, 0.3) is 0 Å². The number of aromatic nitrogens is 3. The van der Waals surface area contributed by atoms with E-state index in [-0.39, 0.29) is 0 Å². The van der Waals surface area contributed by atoms with Crippen LogP contribution in [0.25, 0.3) is 22.2 Å². The Morgan fingerprint density at radius 1 is 1.19 bits per heavy atom. The Morgan fingerprint density at radius 2 is 1.97 bits per heavy atom. The number of hydrogen-bond acceptors (Lipinski definition) is 4. The van der Waals surface area contributed by atoms with Crippen LogP contribution in [-0.2, 0) is 17.8 Å². The first-order valence-electron chi connectivity index (χ1n) is 10.2. The van der Waals surface area contributed by atoms with Gasteiger partial charge in [-0.1, -0.05) is 60.1 Å². The molecular formula is C25H23ClN4O2. The Labute approximate surface area is 191 Å². The van der Waals surface area contributed by atoms with E-state index < -0.39 is 12.0 Å². The monoisotopic (exact) mass is 446 g/mol. The second-order valence-corrected chi connectivity index (χ2v) is 7.95. The molecule has 162 valence electrons. The van der Waals surface area contributed by atoms with Crippen molar-refractivity contribution in [2.75, 3.05) is 5.32 Å². The second-order valence-electron chi connectivity index (χ2n) is 7.54. The lowest BCUT2D eigenvalue weighted by Crippen LogP contribution is -2.32. The molecule has 7 heteroatoms. The standard InChI is InChI=1S/C25H23ClN4O2/c1-3-12-30-14-19(18-10-7-11-20(26)16(18)2)22-23(27-15-28-24(22)30)29-21(25(31)32)13-17-8-5-4-6-9-17/h3-11,14-15,21H,1,12-13H2,2H3,(H,31,32)(H,27,28,29). The predicted octanol–water partition coefficient (Wildman–Crippen LogP) is 5.35. The lowest BCUT2D eigenvalue weighted by molar-refractivity contribution is -0.137. The molecule has 0 fully saturated rings. The zero-order chi connectivity index (χ0) is 22.7. The molecule has 6 nitrogen and oxygen atoms in total. The highest BCUT2D eigenvalue weighted by atomic mass is 35.5. The fraction of sp³-hybridized carbons (Fsp3) is 0.160. The molecule has 0 bridgehead atoms. The normalized spacial score (nSPS) is 11.9. The summed E-state index contributed by atoms with van der Waals surface area (Å²) >= 11 is 6.39. The lowest BCUT2D eigenvalue weighted by Gasteiger charge is -2.16. The molecule has 2 heterocycles. The van der Waals surface area contributed by atoms with Gasteiger partial charge in [0.2, 0.25) is 0 Å². The molecule has 1 atom stereocenters. The fourth-order valence-corrected chi connectivity index (χ4v) is 4.00. The fourth-order valence-electron chi connectivity index (χ4n) is 3.83. The van der Waals surface area contributed by atoms with Crippen molar-refractivity contribution in [3.8, 4) is 11.1 Å². The summed E-state index contributed by atoms with van der Waals surface area (Å²) in [7, 11) is 0. The van der Waals surface area contributed by atoms with Crippen molar-refractivity contribution < 1.29 is 9.90 Å². The largest absolute Gasteiger partial charge is 0.480 e. The molecule has 0 aliphatic heterocycles. The number of nitrogens with one attached hydrogen (secondary N) is 1. The van der Waals surface area contributed by atoms with Gasteiger partial charge in [0.1, 0.15) is 23.8 Å². The van der Waals surface area contributed by atoms with Gasteiger partial charge < -0.3 is 15.0 Å². The van der Waals surface area contributed by atoms with E-state index in [1.807, 2.05) is 66.2 Å². The molecule has 0 amide bonds. The molecule has 0 spiro atoms. The van der Waals surface area contributed by atoms with E-state index in [0.717, 1.165) is 27.6 Å². The Balaban J connectivity index is 1.85. The molecule has 1 unspecified atom stereocenters. The van der Waals surface area contributed by atoms with Gasteiger partial charge in [-0.05, 0) is 29.7 Å². The van der Waals surface area contributed by atoms with Crippen LogP contribution in [-0.4, -0.2) is 31.7 Å². The Morgan fingerprint density at radius 3 is 2.69 bits per heavy atom. The average molecular weight is 447 g/mol. The van der Waals surface area contributed by atoms with Crippen molar-refractivity contribution in [2.24, 2.45) is 0 Å². The lowest BCUT2D eigenvalue weighted by atomic mass is 10.0. The molecule has 0 aliphatic carbocycles. The third-order valence-electron chi connectivity index (χ3n) is 5.43. The number of allylic oxidation sites excluding steroid dienone is 1. The van der Waals surface area contributed by atoms with E-state index in [9.17, 15) is 9.90 Å². The minimum Gasteiger partial charge on any atom is -0.480 e. The summed E-state index contributed by atoms with van der Waals surface area (Å²) in [5, 5.41) is 14.4. The Kier molecular flexibility index (Phi) is 6.23. The topological polar surface area (TPSA) is 80.0 Å². The van der Waals surface area contributed by atoms with Crippen molar-refractivity contribution in [3.05, 3.63) is 89.9 Å². The summed E-state index contributed by atoms with van der Waals surface area (Å²) < 4.78 is 1.97. The minimum atomic E-state index is -0.952. The number of benzene rings is 2. The summed E-state index contributed by atoms with van der Waals surface area (Å²) in [4.78, 5) is 21.0. The number of carboxylic acid groups (broad SMARTS) is 1. The van der Waals surface area contributed by atoms with Crippen LogP contribution >= 0.6 is 11.6 Å². The third-order valence-corrected chi connectivity index (χ3v) is 5.84. The molecule has 4 rings (SSSR count). The summed E-state index contributed by atoms with van der Waals surface area (Å²) in [6.45, 7) is 6.35. The number of aliphatic carboxylic acids is 1. The van der Waals surface area contributed by atoms with Crippen LogP contribution in [0.3, 0.4) is 0 Å². The van der Waals surface area contributed by atoms with E-state index >= 15 is 0 Å². The van der Waals surface area contributed by atoms with E-state index in [1.165, 1.54) is 6.33 Å². The predicted molar refractivity (Wildman–Crippen MR) is 128 cm³/mol. The highest BCUT2D eigenvalue weighted by Gasteiger charge is 2.23. The number of carboxylic acids is 1. The number of hydrogen-bond donors (Lipinski definition) is 2. The molecule has 0 aliphatic rings. The van der Waals surface area contributed by atoms with E-state index in [0.29, 0.717) is 29.5 Å². The summed E-state index contributed by atoms with van der Waals surface area (Å²) in [6, 6.07) is 14.4. The molecule has 0 saturated carbocycles. The van der Waals surface area contributed by atoms with Crippen LogP contribution in [0, 0.1) is 6.92 Å². The first-order valence-corrected chi connectivity index (χ1v) is 10.6. The third kappa shape index (κ3) is 4.22. The molecule has 2 N–H and O–H groups in total. The van der Waals surface area contributed by atoms with Crippen LogP contribution in [0.4, 0.5) is 5.82 Å². The average Bonchev–Trinajstić information content (AvgIpc) is 3.15. The molecule has 0 saturated heterocycles. The van der Waals surface area contributed by atoms with Crippen molar-refractivity contribution in [1.82, 2.24) is 14.5 Å². The van der Waals surface area contributed by atoms with Crippen LogP contribution in [0.15, 0.2) is 73.7 Å². The summed E-state index contributed by atoms with van der Waals surface area (Å²) in [5.74, 6) is -0.484. The quantitative estimate of drug-likeness (QED) is 0.356. The van der Waals surface area contributed by atoms with Crippen molar-refractivity contribution in [2.45, 2.75) is 25.9 Å². The van der Waals surface area contributed by atoms with E-state index in [2.05, 4.69) is 21.9 Å². The van der Waals surface area contributed by atoms with Crippen molar-refractivity contribution in [1.29, 1.82) is 0 Å². The summed E-state index contributed by atoms with van der Waals surface area (Å²) in [5.41, 5.74) is 4.38. The zero-order valence-electron chi connectivity index (χ0n) is 17.6. The number of fused-ring (bicyclic) bond motifs is 1. The van der Waals surface area contributed by atoms with Crippen LogP contribution in [0.5, 0.6) is 0 Å². The molecule has 0 radical (unpaired) electrons. The van der Waals surface area contributed by atoms with Crippen LogP contribution in [0.1, 0.15) is 11.1 Å². The van der Waals surface area contributed by atoms with Crippen molar-refractivity contribution in [3.63, 3.8) is 0 Å². The van der Waals surface area contributed by atoms with E-state index in [4.69, 9.17) is 11.6 Å². The maximum absolute atomic E-state index is 12.1. The van der Waals surface area contributed by atoms with Gasteiger partial charge in [-0.3, -0.25) is 0 Å². The van der Waals surface area contributed by atoms with Gasteiger partial charge in [-0.25, -0.2) is 14.8 Å². The summed E-state index contributed by atoms with van der Waals surface area (Å²) in [6.07, 6.45) is 5.54. The Bertz CT molecular complexity index is 1280. The van der Waals surface area contributed by atoms with Crippen molar-refractivity contribution >= 4 is 34.4 Å². The van der Waals surface area contributed by atoms with E-state index in [1.54, 1.807) is 6.08 Å². The first kappa shape index (κ1) is 21.6. The second kappa shape index (κ2) is 9.24. The molecule has 32 heavy (non-hydrogen) atoms. The molecule has 2 aromatic heterocycles. The van der Waals surface area contributed by atoms with Gasteiger partial charge in [-0.15, -0.1) is 6.58 Å². The molecule has 2 aromatic carbocycles. The number of anilines is 1. The van der Waals surface area contributed by atoms with Crippen LogP contribution in [0.2, 0.25) is 5.02 Å². The number of rotatable bonds is 8. The zero-order valence-corrected chi connectivity index (χ0v) is 18.4. The van der Waals surface area contributed by atoms with Gasteiger partial charge in [0, 0.05) is 29.7 Å². The number of carbonyl (C=O) groups is 1. The maximum atomic E-state index is 12.1. The maximum Gasteiger partial charge on any atom is 0.326 e. The van der Waals surface area contributed by atoms with Gasteiger partial charge in [0.05, 0.1) is 5.39 Å². The highest BCUT2D eigenvalue weighted by molar-refractivity contribution is 6.31. The SMILES string of the molecule is C=CCn1cc(-c2cccc(Cl)c2C)c2c(NC(Cc3ccccc3)C(=O)O)ncnc21. The Hall–Kier alpha value is -3.64. The van der Waals surface area contributed by atoms with Crippen LogP contribution < -0.4 is 5.32 Å². The van der Waals surface area contributed by atoms with Gasteiger partial charge in [-0.2, -0.15) is 0 Å². The number of halogens is 1. The highest BCUT2D eigenvalue weighted by Crippen LogP contribution is 2.37. The van der Waals surface area contributed by atoms with Gasteiger partial charge >= 0.3 is 5.97 Å². The van der Waals surface area contributed by atoms with Gasteiger partial charge in [0.15, 0.2) is 0 Å². The number of nitrogens with zero attached hydrogens (tertiary/aromatic N) is 3. The molecule has 4 aromatic rings. The molecular weight excluding hydrogens is 424 g/mol.